The van der Waals surface area contributed by atoms with Gasteiger partial charge < -0.3 is 4.74 Å². The zero-order valence-corrected chi connectivity index (χ0v) is 12.8. The zero-order chi connectivity index (χ0) is 14.0. The largest absolute Gasteiger partial charge is 0.456 e. The quantitative estimate of drug-likeness (QED) is 0.650. The molecule has 0 radical (unpaired) electrons. The first kappa shape index (κ1) is 14.2. The highest BCUT2D eigenvalue weighted by Crippen LogP contribution is 2.33. The topological polar surface area (TPSA) is 9.23 Å². The lowest BCUT2D eigenvalue weighted by Gasteiger charge is -2.13. The maximum Gasteiger partial charge on any atom is 0.146 e. The molecule has 0 aromatic heterocycles. The van der Waals surface area contributed by atoms with E-state index in [4.69, 9.17) is 27.9 Å². The number of aryl methyl sites for hydroxylation is 2. The van der Waals surface area contributed by atoms with E-state index in [1.165, 1.54) is 11.1 Å². The van der Waals surface area contributed by atoms with Crippen molar-refractivity contribution in [2.75, 3.05) is 0 Å². The average molecular weight is 295 g/mol. The van der Waals surface area contributed by atoms with Gasteiger partial charge in [0.05, 0.1) is 5.02 Å². The van der Waals surface area contributed by atoms with Gasteiger partial charge in [0, 0.05) is 5.88 Å². The van der Waals surface area contributed by atoms with E-state index in [0.717, 1.165) is 16.9 Å². The summed E-state index contributed by atoms with van der Waals surface area (Å²) in [7, 11) is 0. The molecule has 2 aromatic carbocycles. The molecule has 2 aromatic rings. The van der Waals surface area contributed by atoms with Crippen LogP contribution in [0.2, 0.25) is 5.02 Å². The number of halogens is 2. The summed E-state index contributed by atoms with van der Waals surface area (Å²) in [5, 5.41) is 0.580. The summed E-state index contributed by atoms with van der Waals surface area (Å²) in [5.74, 6) is 1.95. The Morgan fingerprint density at radius 2 is 1.74 bits per heavy atom. The van der Waals surface area contributed by atoms with Crippen LogP contribution in [0.15, 0.2) is 30.3 Å². The monoisotopic (exact) mass is 294 g/mol. The van der Waals surface area contributed by atoms with Crippen molar-refractivity contribution in [3.05, 3.63) is 57.6 Å². The third-order valence-corrected chi connectivity index (χ3v) is 3.74. The Morgan fingerprint density at radius 1 is 1.00 bits per heavy atom. The lowest BCUT2D eigenvalue weighted by molar-refractivity contribution is 0.478. The summed E-state index contributed by atoms with van der Waals surface area (Å²) in [5.41, 5.74) is 4.49. The molecule has 0 atom stereocenters. The van der Waals surface area contributed by atoms with E-state index < -0.39 is 0 Å². The van der Waals surface area contributed by atoms with E-state index in [1.54, 1.807) is 0 Å². The van der Waals surface area contributed by atoms with Crippen LogP contribution in [0.1, 0.15) is 22.3 Å². The Bertz CT molecular complexity index is 606. The van der Waals surface area contributed by atoms with Crippen LogP contribution < -0.4 is 4.74 Å². The van der Waals surface area contributed by atoms with E-state index in [-0.39, 0.29) is 0 Å². The zero-order valence-electron chi connectivity index (χ0n) is 11.3. The van der Waals surface area contributed by atoms with Crippen molar-refractivity contribution in [2.24, 2.45) is 0 Å². The van der Waals surface area contributed by atoms with Gasteiger partial charge in [0.25, 0.3) is 0 Å². The highest BCUT2D eigenvalue weighted by atomic mass is 35.5. The predicted molar refractivity (Wildman–Crippen MR) is 81.7 cm³/mol. The molecule has 3 heteroatoms. The minimum Gasteiger partial charge on any atom is -0.456 e. The molecule has 0 saturated heterocycles. The number of benzene rings is 2. The molecule has 0 spiro atoms. The van der Waals surface area contributed by atoms with Gasteiger partial charge in [0.2, 0.25) is 0 Å². The van der Waals surface area contributed by atoms with Crippen molar-refractivity contribution in [1.82, 2.24) is 0 Å². The van der Waals surface area contributed by atoms with Crippen LogP contribution >= 0.6 is 23.2 Å². The van der Waals surface area contributed by atoms with Gasteiger partial charge in [0.15, 0.2) is 0 Å². The maximum absolute atomic E-state index is 6.21. The normalized spacial score (nSPS) is 10.6. The first-order valence-electron chi connectivity index (χ1n) is 6.11. The molecule has 1 nitrogen and oxygen atoms in total. The Morgan fingerprint density at radius 3 is 2.37 bits per heavy atom. The predicted octanol–water partition coefficient (Wildman–Crippen LogP) is 5.80. The summed E-state index contributed by atoms with van der Waals surface area (Å²) in [6, 6.07) is 9.78. The molecule has 0 amide bonds. The third-order valence-electron chi connectivity index (χ3n) is 3.13. The number of hydrogen-bond acceptors (Lipinski definition) is 1. The van der Waals surface area contributed by atoms with E-state index in [2.05, 4.69) is 19.9 Å². The lowest BCUT2D eigenvalue weighted by Crippen LogP contribution is -1.93. The highest BCUT2D eigenvalue weighted by Gasteiger charge is 2.08. The van der Waals surface area contributed by atoms with Crippen molar-refractivity contribution in [3.63, 3.8) is 0 Å². The van der Waals surface area contributed by atoms with Gasteiger partial charge in [-0.05, 0) is 61.2 Å². The van der Waals surface area contributed by atoms with Crippen LogP contribution in [0, 0.1) is 20.8 Å². The Labute approximate surface area is 124 Å². The van der Waals surface area contributed by atoms with Crippen LogP contribution in [-0.4, -0.2) is 0 Å². The number of rotatable bonds is 3. The summed E-state index contributed by atoms with van der Waals surface area (Å²) in [6.07, 6.45) is 0. The van der Waals surface area contributed by atoms with Crippen LogP contribution in [0.3, 0.4) is 0 Å². The van der Waals surface area contributed by atoms with Gasteiger partial charge in [-0.2, -0.15) is 0 Å². The minimum absolute atomic E-state index is 0.447. The van der Waals surface area contributed by atoms with Crippen LogP contribution in [0.5, 0.6) is 11.5 Å². The second kappa shape index (κ2) is 5.85. The Balaban J connectivity index is 2.36. The van der Waals surface area contributed by atoms with Crippen molar-refractivity contribution >= 4 is 23.2 Å². The molecular formula is C16H16Cl2O. The molecule has 0 aliphatic carbocycles. The molecular weight excluding hydrogens is 279 g/mol. The summed E-state index contributed by atoms with van der Waals surface area (Å²) in [6.45, 7) is 6.18. The number of ether oxygens (including phenoxy) is 1. The van der Waals surface area contributed by atoms with Crippen LogP contribution in [0.25, 0.3) is 0 Å². The molecule has 0 aliphatic heterocycles. The summed E-state index contributed by atoms with van der Waals surface area (Å²) < 4.78 is 5.93. The second-order valence-electron chi connectivity index (χ2n) is 4.71. The average Bonchev–Trinajstić information content (AvgIpc) is 2.37. The standard InChI is InChI=1S/C16H16Cl2O/c1-10-6-11(2)12(3)16(7-10)19-15-5-4-13(9-17)8-14(15)18/h4-8H,9H2,1-3H3. The Kier molecular flexibility index (Phi) is 4.38. The molecule has 0 bridgehead atoms. The molecule has 100 valence electrons. The van der Waals surface area contributed by atoms with Crippen LogP contribution in [0.4, 0.5) is 0 Å². The Hall–Kier alpha value is -1.18. The van der Waals surface area contributed by atoms with E-state index >= 15 is 0 Å². The fourth-order valence-corrected chi connectivity index (χ4v) is 2.34. The van der Waals surface area contributed by atoms with Crippen molar-refractivity contribution in [2.45, 2.75) is 26.7 Å². The van der Waals surface area contributed by atoms with Gasteiger partial charge in [0.1, 0.15) is 11.5 Å². The van der Waals surface area contributed by atoms with Crippen LogP contribution in [-0.2, 0) is 5.88 Å². The third kappa shape index (κ3) is 3.23. The highest BCUT2D eigenvalue weighted by molar-refractivity contribution is 6.32. The first-order valence-corrected chi connectivity index (χ1v) is 7.02. The summed E-state index contributed by atoms with van der Waals surface area (Å²) in [4.78, 5) is 0. The summed E-state index contributed by atoms with van der Waals surface area (Å²) >= 11 is 12.0. The smallest absolute Gasteiger partial charge is 0.146 e. The minimum atomic E-state index is 0.447. The van der Waals surface area contributed by atoms with Gasteiger partial charge in [-0.1, -0.05) is 23.7 Å². The molecule has 0 fully saturated rings. The van der Waals surface area contributed by atoms with Gasteiger partial charge in [-0.25, -0.2) is 0 Å². The molecule has 0 unspecified atom stereocenters. The van der Waals surface area contributed by atoms with E-state index in [9.17, 15) is 0 Å². The lowest BCUT2D eigenvalue weighted by atomic mass is 10.1. The van der Waals surface area contributed by atoms with Crippen molar-refractivity contribution in [1.29, 1.82) is 0 Å². The molecule has 0 saturated carbocycles. The van der Waals surface area contributed by atoms with E-state index in [0.29, 0.717) is 16.7 Å². The fourth-order valence-electron chi connectivity index (χ4n) is 1.94. The molecule has 0 heterocycles. The maximum atomic E-state index is 6.21. The molecule has 0 N–H and O–H groups in total. The number of alkyl halides is 1. The number of hydrogen-bond donors (Lipinski definition) is 0. The SMILES string of the molecule is Cc1cc(C)c(C)c(Oc2ccc(CCl)cc2Cl)c1. The first-order chi connectivity index (χ1) is 9.01. The molecule has 2 rings (SSSR count). The van der Waals surface area contributed by atoms with E-state index in [1.807, 2.05) is 31.2 Å². The van der Waals surface area contributed by atoms with Gasteiger partial charge >= 0.3 is 0 Å². The molecule has 19 heavy (non-hydrogen) atoms. The molecule has 0 aliphatic rings. The van der Waals surface area contributed by atoms with Crippen molar-refractivity contribution in [3.8, 4) is 11.5 Å². The van der Waals surface area contributed by atoms with Gasteiger partial charge in [-0.15, -0.1) is 11.6 Å². The second-order valence-corrected chi connectivity index (χ2v) is 5.38. The van der Waals surface area contributed by atoms with Crippen molar-refractivity contribution < 1.29 is 4.74 Å². The van der Waals surface area contributed by atoms with Gasteiger partial charge in [-0.3, -0.25) is 0 Å². The fraction of sp³-hybridized carbons (Fsp3) is 0.250.